The van der Waals surface area contributed by atoms with E-state index in [1.165, 1.54) is 7.11 Å². The number of amides is 2. The molecule has 0 aromatic heterocycles. The summed E-state index contributed by atoms with van der Waals surface area (Å²) in [5.74, 6) is -3.75. The monoisotopic (exact) mass is 518 g/mol. The number of urea groups is 1. The molecule has 0 aliphatic carbocycles. The number of nitrogens with one attached hydrogen (secondary N) is 2. The maximum atomic E-state index is 12.9. The van der Waals surface area contributed by atoms with Crippen LogP contribution in [0.1, 0.15) is 48.0 Å². The highest BCUT2D eigenvalue weighted by atomic mass is 16.7. The number of rotatable bonds is 10. The second kappa shape index (κ2) is 14.2. The molecule has 1 fully saturated rings. The molecule has 2 amide bonds. The van der Waals surface area contributed by atoms with Gasteiger partial charge in [-0.05, 0) is 12.3 Å². The first kappa shape index (κ1) is 30.6. The zero-order valence-electron chi connectivity index (χ0n) is 21.4. The first-order valence-electron chi connectivity index (χ1n) is 11.2. The van der Waals surface area contributed by atoms with Gasteiger partial charge in [0, 0.05) is 27.7 Å². The number of hydrogen-bond donors (Lipinski definition) is 2. The molecule has 1 saturated heterocycles. The molecule has 204 valence electrons. The molecule has 14 heteroatoms. The van der Waals surface area contributed by atoms with Crippen LogP contribution < -0.4 is 10.6 Å². The van der Waals surface area contributed by atoms with E-state index in [1.54, 1.807) is 0 Å². The van der Waals surface area contributed by atoms with Crippen molar-refractivity contribution in [2.45, 2.75) is 84.6 Å². The van der Waals surface area contributed by atoms with Crippen molar-refractivity contribution in [3.05, 3.63) is 0 Å². The Morgan fingerprint density at radius 1 is 0.833 bits per heavy atom. The maximum Gasteiger partial charge on any atom is 0.328 e. The molecule has 1 unspecified atom stereocenters. The third kappa shape index (κ3) is 10.1. The lowest BCUT2D eigenvalue weighted by Gasteiger charge is -2.44. The topological polar surface area (TPSA) is 182 Å². The fourth-order valence-corrected chi connectivity index (χ4v) is 3.50. The van der Waals surface area contributed by atoms with E-state index in [4.69, 9.17) is 28.4 Å². The normalized spacial score (nSPS) is 24.1. The summed E-state index contributed by atoms with van der Waals surface area (Å²) in [6.45, 7) is 7.62. The van der Waals surface area contributed by atoms with Crippen LogP contribution in [0, 0.1) is 5.92 Å². The van der Waals surface area contributed by atoms with Crippen molar-refractivity contribution in [1.29, 1.82) is 0 Å². The average molecular weight is 519 g/mol. The second-order valence-corrected chi connectivity index (χ2v) is 8.45. The van der Waals surface area contributed by atoms with E-state index in [2.05, 4.69) is 10.6 Å². The van der Waals surface area contributed by atoms with E-state index >= 15 is 0 Å². The molecule has 0 radical (unpaired) electrons. The minimum atomic E-state index is -1.55. The summed E-state index contributed by atoms with van der Waals surface area (Å²) in [6.07, 6.45) is -5.32. The molecule has 0 saturated carbocycles. The van der Waals surface area contributed by atoms with Crippen molar-refractivity contribution >= 4 is 35.9 Å². The Bertz CT molecular complexity index is 830. The summed E-state index contributed by atoms with van der Waals surface area (Å²) in [5.41, 5.74) is 0. The number of carbonyl (C=O) groups is 6. The van der Waals surface area contributed by atoms with Gasteiger partial charge in [-0.25, -0.2) is 9.59 Å². The summed E-state index contributed by atoms with van der Waals surface area (Å²) >= 11 is 0. The summed E-state index contributed by atoms with van der Waals surface area (Å²) in [6, 6.07) is -3.32. The Morgan fingerprint density at radius 2 is 1.39 bits per heavy atom. The van der Waals surface area contributed by atoms with E-state index in [9.17, 15) is 28.8 Å². The highest BCUT2D eigenvalue weighted by molar-refractivity contribution is 5.83. The van der Waals surface area contributed by atoms with E-state index in [0.717, 1.165) is 27.7 Å². The number of ether oxygens (including phenoxy) is 6. The van der Waals surface area contributed by atoms with E-state index in [1.807, 2.05) is 13.8 Å². The second-order valence-electron chi connectivity index (χ2n) is 8.45. The van der Waals surface area contributed by atoms with Gasteiger partial charge in [-0.3, -0.25) is 19.2 Å². The summed E-state index contributed by atoms with van der Waals surface area (Å²) in [4.78, 5) is 71.8. The molecule has 1 heterocycles. The molecular weight excluding hydrogens is 484 g/mol. The Kier molecular flexibility index (Phi) is 12.1. The molecule has 36 heavy (non-hydrogen) atoms. The zero-order valence-corrected chi connectivity index (χ0v) is 21.4. The molecule has 1 aliphatic heterocycles. The quantitative estimate of drug-likeness (QED) is 0.291. The van der Waals surface area contributed by atoms with Crippen molar-refractivity contribution in [1.82, 2.24) is 10.6 Å². The molecule has 1 rings (SSSR count). The van der Waals surface area contributed by atoms with Crippen molar-refractivity contribution in [3.8, 4) is 0 Å². The van der Waals surface area contributed by atoms with Gasteiger partial charge in [0.1, 0.15) is 24.8 Å². The number of hydrogen-bond acceptors (Lipinski definition) is 12. The molecule has 1 aliphatic rings. The smallest absolute Gasteiger partial charge is 0.328 e. The summed E-state index contributed by atoms with van der Waals surface area (Å²) < 4.78 is 31.2. The molecule has 2 N–H and O–H groups in total. The van der Waals surface area contributed by atoms with Crippen LogP contribution in [0.3, 0.4) is 0 Å². The van der Waals surface area contributed by atoms with Gasteiger partial charge in [-0.1, -0.05) is 13.8 Å². The van der Waals surface area contributed by atoms with Crippen LogP contribution in [0.15, 0.2) is 0 Å². The highest BCUT2D eigenvalue weighted by Crippen LogP contribution is 2.28. The molecular formula is C22H34N2O12. The SMILES string of the molecule is COC(=O)C(CC(C)C)NC(=O)N[C@H]1[C@H](OC(C)=O)O[C@H](COC(C)=O)[C@@H](OC(C)=O)[C@@H]1OC(C)=O. The highest BCUT2D eigenvalue weighted by Gasteiger charge is 2.52. The van der Waals surface area contributed by atoms with Crippen molar-refractivity contribution in [3.63, 3.8) is 0 Å². The van der Waals surface area contributed by atoms with Crippen LogP contribution >= 0.6 is 0 Å². The zero-order chi connectivity index (χ0) is 27.6. The van der Waals surface area contributed by atoms with Crippen LogP contribution in [0.25, 0.3) is 0 Å². The summed E-state index contributed by atoms with van der Waals surface area (Å²) in [5, 5.41) is 4.93. The van der Waals surface area contributed by atoms with Crippen LogP contribution in [0.5, 0.6) is 0 Å². The molecule has 0 aromatic rings. The largest absolute Gasteiger partial charge is 0.467 e. The van der Waals surface area contributed by atoms with Gasteiger partial charge in [0.15, 0.2) is 12.2 Å². The third-order valence-electron chi connectivity index (χ3n) is 4.78. The van der Waals surface area contributed by atoms with Crippen LogP contribution in [-0.4, -0.2) is 86.3 Å². The molecule has 14 nitrogen and oxygen atoms in total. The Morgan fingerprint density at radius 3 is 1.86 bits per heavy atom. The van der Waals surface area contributed by atoms with Gasteiger partial charge in [-0.15, -0.1) is 0 Å². The minimum Gasteiger partial charge on any atom is -0.467 e. The van der Waals surface area contributed by atoms with Gasteiger partial charge < -0.3 is 39.1 Å². The van der Waals surface area contributed by atoms with Crippen LogP contribution in [0.4, 0.5) is 4.79 Å². The lowest BCUT2D eigenvalue weighted by Crippen LogP contribution is -2.68. The predicted octanol–water partition coefficient (Wildman–Crippen LogP) is -0.0436. The predicted molar refractivity (Wildman–Crippen MR) is 119 cm³/mol. The molecule has 0 aromatic carbocycles. The van der Waals surface area contributed by atoms with E-state index < -0.39 is 79.2 Å². The number of carbonyl (C=O) groups excluding carboxylic acids is 6. The van der Waals surface area contributed by atoms with Crippen LogP contribution in [0.2, 0.25) is 0 Å². The Labute approximate surface area is 208 Å². The van der Waals surface area contributed by atoms with Gasteiger partial charge in [0.2, 0.25) is 6.29 Å². The van der Waals surface area contributed by atoms with Gasteiger partial charge in [-0.2, -0.15) is 0 Å². The first-order valence-corrected chi connectivity index (χ1v) is 11.2. The van der Waals surface area contributed by atoms with Crippen LogP contribution in [-0.2, 0) is 52.4 Å². The number of methoxy groups -OCH3 is 1. The molecule has 0 bridgehead atoms. The Balaban J connectivity index is 3.35. The Hall–Kier alpha value is -3.42. The van der Waals surface area contributed by atoms with E-state index in [-0.39, 0.29) is 12.3 Å². The van der Waals surface area contributed by atoms with Crippen molar-refractivity contribution < 1.29 is 57.2 Å². The average Bonchev–Trinajstić information content (AvgIpc) is 2.74. The number of esters is 5. The van der Waals surface area contributed by atoms with Gasteiger partial charge in [0.05, 0.1) is 7.11 Å². The minimum absolute atomic E-state index is 0.0189. The fraction of sp³-hybridized carbons (Fsp3) is 0.727. The standard InChI is InChI=1S/C22H34N2O12/c1-10(2)8-15(20(29)31-7)23-22(30)24-17-19(34-13(5)27)18(33-12(4)26)16(9-32-11(3)25)36-21(17)35-14(6)28/h10,15-19,21H,8-9H2,1-7H3,(H2,23,24,30)/t15?,16-,17-,18-,19-,21-/m1/s1. The first-order chi connectivity index (χ1) is 16.7. The summed E-state index contributed by atoms with van der Waals surface area (Å²) in [7, 11) is 1.17. The fourth-order valence-electron chi connectivity index (χ4n) is 3.50. The maximum absolute atomic E-state index is 12.9. The van der Waals surface area contributed by atoms with Crippen molar-refractivity contribution in [2.75, 3.05) is 13.7 Å². The van der Waals surface area contributed by atoms with Crippen molar-refractivity contribution in [2.24, 2.45) is 5.92 Å². The van der Waals surface area contributed by atoms with E-state index in [0.29, 0.717) is 0 Å². The lowest BCUT2D eigenvalue weighted by molar-refractivity contribution is -0.270. The molecule has 6 atom stereocenters. The third-order valence-corrected chi connectivity index (χ3v) is 4.78. The molecule has 0 spiro atoms. The lowest BCUT2D eigenvalue weighted by atomic mass is 9.96. The van der Waals surface area contributed by atoms with Gasteiger partial charge >= 0.3 is 35.9 Å². The van der Waals surface area contributed by atoms with Gasteiger partial charge in [0.25, 0.3) is 0 Å².